The van der Waals surface area contributed by atoms with Crippen LogP contribution in [0.25, 0.3) is 0 Å². The maximum absolute atomic E-state index is 14.0. The van der Waals surface area contributed by atoms with Crippen LogP contribution in [-0.4, -0.2) is 101 Å². The van der Waals surface area contributed by atoms with Crippen molar-refractivity contribution in [1.29, 1.82) is 0 Å². The van der Waals surface area contributed by atoms with Crippen LogP contribution < -0.4 is 15.8 Å². The number of nitrogens with two attached hydrogens (primary N) is 1. The molecule has 13 nitrogen and oxygen atoms in total. The highest BCUT2D eigenvalue weighted by molar-refractivity contribution is 6.25. The predicted octanol–water partition coefficient (Wildman–Crippen LogP) is 1.37. The number of ketones is 2. The smallest absolute Gasteiger partial charge is 0.255 e. The van der Waals surface area contributed by atoms with Gasteiger partial charge in [0.15, 0.2) is 17.1 Å². The molecule has 0 saturated heterocycles. The molecule has 13 heteroatoms. The number of carbonyl (C=O) groups excluding carboxylic acids is 4. The number of rotatable bonds is 7. The highest BCUT2D eigenvalue weighted by atomic mass is 16.5. The molecule has 3 aliphatic carbocycles. The molecule has 5 rings (SSSR count). The van der Waals surface area contributed by atoms with Crippen molar-refractivity contribution in [2.75, 3.05) is 40.6 Å². The quantitative estimate of drug-likeness (QED) is 0.193. The van der Waals surface area contributed by atoms with Crippen LogP contribution >= 0.6 is 0 Å². The van der Waals surface area contributed by atoms with Gasteiger partial charge in [0.1, 0.15) is 28.9 Å². The van der Waals surface area contributed by atoms with Gasteiger partial charge in [0, 0.05) is 11.5 Å². The van der Waals surface area contributed by atoms with E-state index >= 15 is 0 Å². The van der Waals surface area contributed by atoms with Gasteiger partial charge in [0.2, 0.25) is 11.7 Å². The van der Waals surface area contributed by atoms with Crippen LogP contribution in [0.1, 0.15) is 33.9 Å². The average Bonchev–Trinajstić information content (AvgIpc) is 2.96. The lowest BCUT2D eigenvalue weighted by molar-refractivity contribution is -0.148. The molecule has 3 aliphatic rings. The summed E-state index contributed by atoms with van der Waals surface area (Å²) in [4.78, 5) is 56.2. The van der Waals surface area contributed by atoms with Crippen LogP contribution in [0.5, 0.6) is 11.5 Å². The number of aliphatic hydroxyl groups is 3. The highest BCUT2D eigenvalue weighted by Crippen LogP contribution is 2.52. The number of nitrogens with one attached hydrogen (secondary N) is 1. The number of likely N-dealkylation sites (N-methyl/N-ethyl adjacent to an activating group) is 2. The van der Waals surface area contributed by atoms with E-state index in [4.69, 9.17) is 10.5 Å². The Balaban J connectivity index is 1.54. The van der Waals surface area contributed by atoms with Crippen molar-refractivity contribution in [3.05, 3.63) is 75.8 Å². The number of hydrogen-bond donors (Lipinski definition) is 6. The number of fused-ring (bicyclic) bond motifs is 3. The molecule has 0 aromatic heterocycles. The Morgan fingerprint density at radius 2 is 1.69 bits per heavy atom. The number of allylic oxidation sites excluding steroid dienone is 1. The number of methoxy groups -OCH3 is 1. The van der Waals surface area contributed by atoms with E-state index in [1.54, 1.807) is 63.4 Å². The molecule has 0 saturated carbocycles. The minimum absolute atomic E-state index is 0.0165. The maximum atomic E-state index is 14.0. The summed E-state index contributed by atoms with van der Waals surface area (Å²) < 4.78 is 5.20. The van der Waals surface area contributed by atoms with E-state index in [1.165, 1.54) is 18.1 Å². The first kappa shape index (κ1) is 31.7. The summed E-state index contributed by atoms with van der Waals surface area (Å²) in [6, 6.07) is 8.14. The second-order valence-electron chi connectivity index (χ2n) is 12.1. The van der Waals surface area contributed by atoms with Gasteiger partial charge in [-0.15, -0.1) is 0 Å². The normalized spacial score (nSPS) is 25.1. The summed E-state index contributed by atoms with van der Waals surface area (Å²) in [5.41, 5.74) is 2.33. The van der Waals surface area contributed by atoms with Crippen LogP contribution in [0.3, 0.4) is 0 Å². The van der Waals surface area contributed by atoms with Crippen molar-refractivity contribution in [3.63, 3.8) is 0 Å². The monoisotopic (exact) mass is 620 g/mol. The molecule has 0 fully saturated rings. The molecule has 7 N–H and O–H groups in total. The van der Waals surface area contributed by atoms with Gasteiger partial charge in [-0.1, -0.05) is 18.2 Å². The molecular weight excluding hydrogens is 584 g/mol. The third-order valence-corrected chi connectivity index (χ3v) is 9.05. The van der Waals surface area contributed by atoms with Crippen molar-refractivity contribution < 1.29 is 44.3 Å². The second-order valence-corrected chi connectivity index (χ2v) is 12.1. The number of carbonyl (C=O) groups is 4. The zero-order valence-corrected chi connectivity index (χ0v) is 25.5. The number of amides is 2. The zero-order valence-electron chi connectivity index (χ0n) is 25.5. The first-order chi connectivity index (χ1) is 21.1. The Morgan fingerprint density at radius 1 is 1.04 bits per heavy atom. The van der Waals surface area contributed by atoms with E-state index in [0.717, 1.165) is 0 Å². The number of ether oxygens (including phenoxy) is 1. The first-order valence-corrected chi connectivity index (χ1v) is 14.3. The van der Waals surface area contributed by atoms with Gasteiger partial charge in [-0.25, -0.2) is 0 Å². The third kappa shape index (κ3) is 4.83. The predicted molar refractivity (Wildman–Crippen MR) is 162 cm³/mol. The number of benzene rings is 2. The van der Waals surface area contributed by atoms with Gasteiger partial charge in [-0.2, -0.15) is 0 Å². The SMILES string of the molecule is COc1ccc(C(C(=O)Nc2ccc3c(c2O)C(=O)C2=C(O)C4(O)C(=O)C(C(N)=O)=C(O)[C@@H](N(C)C)C4CC2C3)N(C)C)cc1. The number of Topliss-reactive ketones (excluding diaryl/α,β-unsaturated/α-hetero) is 2. The molecule has 2 aromatic rings. The number of phenols is 1. The summed E-state index contributed by atoms with van der Waals surface area (Å²) in [6.07, 6.45) is 0.125. The average molecular weight is 621 g/mol. The van der Waals surface area contributed by atoms with Gasteiger partial charge < -0.3 is 36.2 Å². The fourth-order valence-electron chi connectivity index (χ4n) is 7.00. The van der Waals surface area contributed by atoms with Crippen molar-refractivity contribution in [1.82, 2.24) is 9.80 Å². The van der Waals surface area contributed by atoms with Crippen LogP contribution in [0.2, 0.25) is 0 Å². The number of aromatic hydroxyl groups is 1. The number of phenolic OH excluding ortho intramolecular Hbond substituents is 1. The minimum Gasteiger partial charge on any atom is -0.510 e. The lowest BCUT2D eigenvalue weighted by Crippen LogP contribution is -2.63. The second kappa shape index (κ2) is 11.3. The van der Waals surface area contributed by atoms with Crippen molar-refractivity contribution in [3.8, 4) is 11.5 Å². The van der Waals surface area contributed by atoms with Crippen molar-refractivity contribution in [2.24, 2.45) is 17.6 Å². The number of anilines is 1. The molecule has 2 amide bonds. The number of nitrogens with zero attached hydrogens (tertiary/aromatic N) is 2. The summed E-state index contributed by atoms with van der Waals surface area (Å²) in [6.45, 7) is 0. The van der Waals surface area contributed by atoms with Crippen LogP contribution in [0, 0.1) is 11.8 Å². The molecule has 238 valence electrons. The lowest BCUT2D eigenvalue weighted by Gasteiger charge is -2.50. The topological polar surface area (TPSA) is 203 Å². The molecule has 45 heavy (non-hydrogen) atoms. The number of hydrogen-bond acceptors (Lipinski definition) is 11. The molecule has 0 radical (unpaired) electrons. The Hall–Kier alpha value is -4.72. The summed E-state index contributed by atoms with van der Waals surface area (Å²) >= 11 is 0. The van der Waals surface area contributed by atoms with Crippen LogP contribution in [0.4, 0.5) is 5.69 Å². The molecule has 0 aliphatic heterocycles. The van der Waals surface area contributed by atoms with Gasteiger partial charge >= 0.3 is 0 Å². The van der Waals surface area contributed by atoms with Gasteiger partial charge in [-0.3, -0.25) is 29.0 Å². The molecule has 5 atom stereocenters. The van der Waals surface area contributed by atoms with Crippen LogP contribution in [0.15, 0.2) is 59.1 Å². The maximum Gasteiger partial charge on any atom is 0.255 e. The van der Waals surface area contributed by atoms with E-state index in [1.807, 2.05) is 0 Å². The Labute approximate surface area is 259 Å². The van der Waals surface area contributed by atoms with E-state index in [0.29, 0.717) is 16.9 Å². The molecule has 0 heterocycles. The highest BCUT2D eigenvalue weighted by Gasteiger charge is 2.63. The third-order valence-electron chi connectivity index (χ3n) is 9.05. The number of aliphatic hydroxyl groups excluding tert-OH is 2. The molecule has 0 spiro atoms. The molecular formula is C32H36N4O9. The Bertz CT molecular complexity index is 1680. The Morgan fingerprint density at radius 3 is 2.24 bits per heavy atom. The van der Waals surface area contributed by atoms with Gasteiger partial charge in [-0.05, 0) is 76.3 Å². The van der Waals surface area contributed by atoms with Gasteiger partial charge in [0.05, 0.1) is 24.4 Å². The van der Waals surface area contributed by atoms with Gasteiger partial charge in [0.25, 0.3) is 5.91 Å². The standard InChI is InChI=1S/C32H36N4O9/c1-35(2)23(14-6-9-17(45-5)10-7-14)31(43)34-19-11-8-15-12-16-13-18-24(36(3)4)27(39)22(30(33)42)29(41)32(18,44)28(40)21(16)26(38)20(15)25(19)37/h6-11,16,18,23-24,37,39-40,44H,12-13H2,1-5H3,(H2,33,42)(H,34,43)/t16?,18?,23?,24-,32?/m0/s1. The van der Waals surface area contributed by atoms with E-state index in [-0.39, 0.29) is 29.7 Å². The Kier molecular flexibility index (Phi) is 7.98. The van der Waals surface area contributed by atoms with E-state index in [9.17, 15) is 39.6 Å². The lowest BCUT2D eigenvalue weighted by atomic mass is 9.58. The fraction of sp³-hybridized carbons (Fsp3) is 0.375. The number of primary amides is 1. The van der Waals surface area contributed by atoms with Crippen molar-refractivity contribution >= 4 is 29.1 Å². The van der Waals surface area contributed by atoms with E-state index < -0.39 is 75.7 Å². The summed E-state index contributed by atoms with van der Waals surface area (Å²) in [7, 11) is 8.09. The fourth-order valence-corrected chi connectivity index (χ4v) is 7.00. The van der Waals surface area contributed by atoms with E-state index in [2.05, 4.69) is 5.32 Å². The van der Waals surface area contributed by atoms with Crippen LogP contribution in [-0.2, 0) is 20.8 Å². The molecule has 0 bridgehead atoms. The van der Waals surface area contributed by atoms with Crippen molar-refractivity contribution in [2.45, 2.75) is 30.5 Å². The first-order valence-electron chi connectivity index (χ1n) is 14.3. The molecule has 4 unspecified atom stereocenters. The zero-order chi connectivity index (χ0) is 33.1. The molecule has 2 aromatic carbocycles. The minimum atomic E-state index is -2.73. The summed E-state index contributed by atoms with van der Waals surface area (Å²) in [5, 5.41) is 48.1. The largest absolute Gasteiger partial charge is 0.510 e. The summed E-state index contributed by atoms with van der Waals surface area (Å²) in [5.74, 6) is -7.25.